The van der Waals surface area contributed by atoms with E-state index in [-0.39, 0.29) is 30.8 Å². The van der Waals surface area contributed by atoms with Crippen LogP contribution in [0.25, 0.3) is 0 Å². The topological polar surface area (TPSA) is 103 Å². The van der Waals surface area contributed by atoms with Gasteiger partial charge in [0.05, 0.1) is 6.61 Å². The van der Waals surface area contributed by atoms with Crippen molar-refractivity contribution in [2.75, 3.05) is 25.6 Å². The van der Waals surface area contributed by atoms with Crippen molar-refractivity contribution in [2.24, 2.45) is 0 Å². The van der Waals surface area contributed by atoms with Gasteiger partial charge in [-0.15, -0.1) is 0 Å². The average molecular weight is 386 g/mol. The Morgan fingerprint density at radius 2 is 1.64 bits per heavy atom. The molecule has 0 radical (unpaired) electrons. The first-order valence-electron chi connectivity index (χ1n) is 8.62. The van der Waals surface area contributed by atoms with Crippen LogP contribution in [0.3, 0.4) is 0 Å². The Morgan fingerprint density at radius 1 is 0.964 bits per heavy atom. The summed E-state index contributed by atoms with van der Waals surface area (Å²) in [4.78, 5) is 34.9. The monoisotopic (exact) mass is 386 g/mol. The number of anilines is 1. The van der Waals surface area contributed by atoms with Crippen LogP contribution in [0, 0.1) is 0 Å². The minimum atomic E-state index is -0.793. The van der Waals surface area contributed by atoms with Gasteiger partial charge in [-0.3, -0.25) is 9.59 Å². The molecule has 0 unspecified atom stereocenters. The van der Waals surface area contributed by atoms with E-state index in [0.29, 0.717) is 17.8 Å². The zero-order valence-electron chi connectivity index (χ0n) is 15.7. The Bertz CT molecular complexity index is 802. The zero-order valence-corrected chi connectivity index (χ0v) is 15.7. The minimum Gasteiger partial charge on any atom is -0.434 e. The van der Waals surface area contributed by atoms with E-state index in [1.807, 2.05) is 0 Å². The Morgan fingerprint density at radius 3 is 2.25 bits per heavy atom. The molecule has 2 rings (SSSR count). The summed E-state index contributed by atoms with van der Waals surface area (Å²) < 4.78 is 14.4. The molecule has 2 aromatic carbocycles. The molecular weight excluding hydrogens is 364 g/mol. The number of hydrogen-bond acceptors (Lipinski definition) is 6. The summed E-state index contributed by atoms with van der Waals surface area (Å²) in [6.45, 7) is 2.28. The minimum absolute atomic E-state index is 0.0117. The molecule has 0 fully saturated rings. The van der Waals surface area contributed by atoms with Crippen molar-refractivity contribution >= 4 is 23.7 Å². The Labute approximate surface area is 162 Å². The van der Waals surface area contributed by atoms with Crippen LogP contribution in [-0.2, 0) is 20.8 Å². The normalized spacial score (nSPS) is 10.1. The van der Waals surface area contributed by atoms with E-state index in [2.05, 4.69) is 15.4 Å². The van der Waals surface area contributed by atoms with Crippen LogP contribution in [0.4, 0.5) is 10.5 Å². The predicted octanol–water partition coefficient (Wildman–Crippen LogP) is 2.74. The van der Waals surface area contributed by atoms with Crippen LogP contribution in [0.5, 0.6) is 5.75 Å². The summed E-state index contributed by atoms with van der Waals surface area (Å²) in [5.41, 5.74) is 1.92. The summed E-state index contributed by atoms with van der Waals surface area (Å²) in [7, 11) is 1.46. The Hall–Kier alpha value is -3.39. The van der Waals surface area contributed by atoms with E-state index in [4.69, 9.17) is 9.47 Å². The van der Waals surface area contributed by atoms with Crippen molar-refractivity contribution in [3.63, 3.8) is 0 Å². The zero-order chi connectivity index (χ0) is 20.4. The molecule has 0 aliphatic carbocycles. The maximum Gasteiger partial charge on any atom is 0.513 e. The molecular formula is C20H22N2O6. The molecule has 0 spiro atoms. The molecule has 2 aromatic rings. The van der Waals surface area contributed by atoms with E-state index in [9.17, 15) is 14.4 Å². The molecule has 2 amide bonds. The largest absolute Gasteiger partial charge is 0.513 e. The van der Waals surface area contributed by atoms with Crippen molar-refractivity contribution < 1.29 is 28.6 Å². The number of methoxy groups -OCH3 is 1. The second kappa shape index (κ2) is 10.7. The number of carbonyl (C=O) groups excluding carboxylic acids is 3. The standard InChI is InChI=1S/C20H22N2O6/c1-3-27-20(25)28-17-10-6-15(7-11-17)19(24)22-16-8-4-14(5-9-16)12-21-18(23)13-26-2/h4-11H,3,12-13H2,1-2H3,(H,21,23)(H,22,24). The van der Waals surface area contributed by atoms with Crippen molar-refractivity contribution in [1.82, 2.24) is 5.32 Å². The number of amides is 2. The maximum absolute atomic E-state index is 12.3. The fourth-order valence-electron chi connectivity index (χ4n) is 2.21. The number of benzene rings is 2. The second-order valence-electron chi connectivity index (χ2n) is 5.67. The quantitative estimate of drug-likeness (QED) is 0.534. The highest BCUT2D eigenvalue weighted by Crippen LogP contribution is 2.15. The number of hydrogen-bond donors (Lipinski definition) is 2. The highest BCUT2D eigenvalue weighted by molar-refractivity contribution is 6.04. The molecule has 28 heavy (non-hydrogen) atoms. The van der Waals surface area contributed by atoms with Gasteiger partial charge in [-0.05, 0) is 48.9 Å². The third kappa shape index (κ3) is 6.73. The first-order chi connectivity index (χ1) is 13.5. The van der Waals surface area contributed by atoms with Gasteiger partial charge in [-0.25, -0.2) is 4.79 Å². The smallest absolute Gasteiger partial charge is 0.434 e. The van der Waals surface area contributed by atoms with Gasteiger partial charge in [0, 0.05) is 24.9 Å². The van der Waals surface area contributed by atoms with Gasteiger partial charge in [0.15, 0.2) is 0 Å². The van der Waals surface area contributed by atoms with Gasteiger partial charge >= 0.3 is 6.16 Å². The van der Waals surface area contributed by atoms with E-state index >= 15 is 0 Å². The van der Waals surface area contributed by atoms with Crippen LogP contribution in [0.2, 0.25) is 0 Å². The summed E-state index contributed by atoms with van der Waals surface area (Å²) >= 11 is 0. The predicted molar refractivity (Wildman–Crippen MR) is 102 cm³/mol. The van der Waals surface area contributed by atoms with E-state index in [0.717, 1.165) is 5.56 Å². The Kier molecular flexibility index (Phi) is 7.98. The lowest BCUT2D eigenvalue weighted by molar-refractivity contribution is -0.124. The van der Waals surface area contributed by atoms with Crippen molar-refractivity contribution in [3.8, 4) is 5.75 Å². The van der Waals surface area contributed by atoms with Crippen LogP contribution < -0.4 is 15.4 Å². The number of nitrogens with one attached hydrogen (secondary N) is 2. The Balaban J connectivity index is 1.88. The van der Waals surface area contributed by atoms with E-state index in [1.165, 1.54) is 19.2 Å². The van der Waals surface area contributed by atoms with E-state index < -0.39 is 6.16 Å². The third-order valence-electron chi connectivity index (χ3n) is 3.56. The molecule has 0 saturated heterocycles. The van der Waals surface area contributed by atoms with Crippen molar-refractivity contribution in [3.05, 3.63) is 59.7 Å². The number of rotatable bonds is 8. The van der Waals surface area contributed by atoms with Gasteiger partial charge in [-0.1, -0.05) is 12.1 Å². The molecule has 8 nitrogen and oxygen atoms in total. The lowest BCUT2D eigenvalue weighted by atomic mass is 10.1. The summed E-state index contributed by atoms with van der Waals surface area (Å²) in [6.07, 6.45) is -0.793. The van der Waals surface area contributed by atoms with Gasteiger partial charge < -0.3 is 24.8 Å². The fourth-order valence-corrected chi connectivity index (χ4v) is 2.21. The molecule has 148 valence electrons. The first kappa shape index (κ1) is 20.9. The highest BCUT2D eigenvalue weighted by Gasteiger charge is 2.09. The van der Waals surface area contributed by atoms with E-state index in [1.54, 1.807) is 43.3 Å². The third-order valence-corrected chi connectivity index (χ3v) is 3.56. The molecule has 0 bridgehead atoms. The summed E-state index contributed by atoms with van der Waals surface area (Å²) in [5, 5.41) is 5.49. The molecule has 0 atom stereocenters. The lowest BCUT2D eigenvalue weighted by Gasteiger charge is -2.08. The molecule has 0 saturated carbocycles. The molecule has 0 aliphatic rings. The molecule has 0 aliphatic heterocycles. The summed E-state index contributed by atoms with van der Waals surface area (Å²) in [5.74, 6) is -0.214. The maximum atomic E-state index is 12.3. The number of ether oxygens (including phenoxy) is 3. The summed E-state index contributed by atoms with van der Waals surface area (Å²) in [6, 6.07) is 13.2. The SMILES string of the molecule is CCOC(=O)Oc1ccc(C(=O)Nc2ccc(CNC(=O)COC)cc2)cc1. The first-order valence-corrected chi connectivity index (χ1v) is 8.62. The molecule has 0 heterocycles. The second-order valence-corrected chi connectivity index (χ2v) is 5.67. The molecule has 0 aromatic heterocycles. The van der Waals surface area contributed by atoms with Gasteiger partial charge in [0.25, 0.3) is 5.91 Å². The lowest BCUT2D eigenvalue weighted by Crippen LogP contribution is -2.26. The average Bonchev–Trinajstić information content (AvgIpc) is 2.68. The molecule has 8 heteroatoms. The van der Waals surface area contributed by atoms with Gasteiger partial charge in [-0.2, -0.15) is 0 Å². The number of carbonyl (C=O) groups is 3. The van der Waals surface area contributed by atoms with Crippen molar-refractivity contribution in [2.45, 2.75) is 13.5 Å². The van der Waals surface area contributed by atoms with Gasteiger partial charge in [0.2, 0.25) is 5.91 Å². The van der Waals surface area contributed by atoms with Crippen LogP contribution >= 0.6 is 0 Å². The fraction of sp³-hybridized carbons (Fsp3) is 0.250. The van der Waals surface area contributed by atoms with Crippen molar-refractivity contribution in [1.29, 1.82) is 0 Å². The van der Waals surface area contributed by atoms with Crippen LogP contribution in [-0.4, -0.2) is 38.3 Å². The molecule has 2 N–H and O–H groups in total. The highest BCUT2D eigenvalue weighted by atomic mass is 16.7. The van der Waals surface area contributed by atoms with Crippen LogP contribution in [0.15, 0.2) is 48.5 Å². The van der Waals surface area contributed by atoms with Gasteiger partial charge in [0.1, 0.15) is 12.4 Å². The van der Waals surface area contributed by atoms with Crippen LogP contribution in [0.1, 0.15) is 22.8 Å².